The van der Waals surface area contributed by atoms with Gasteiger partial charge in [-0.1, -0.05) is 0 Å². The number of benzene rings is 1. The Morgan fingerprint density at radius 2 is 1.71 bits per heavy atom. The fourth-order valence-corrected chi connectivity index (χ4v) is 5.39. The average molecular weight is 566 g/mol. The van der Waals surface area contributed by atoms with Crippen molar-refractivity contribution in [3.05, 3.63) is 27.0 Å². The lowest BCUT2D eigenvalue weighted by Crippen LogP contribution is -2.28. The average Bonchev–Trinajstić information content (AvgIpc) is 2.93. The zero-order chi connectivity index (χ0) is 24.0. The van der Waals surface area contributed by atoms with Crippen molar-refractivity contribution in [1.82, 2.24) is 0 Å². The summed E-state index contributed by atoms with van der Waals surface area (Å²) in [5.41, 5.74) is -0.186. The molecule has 0 fully saturated rings. The molecule has 16 heteroatoms. The number of nitrogens with two attached hydrogens (primary N) is 1. The molecule has 2 aromatic rings. The second-order valence-corrected chi connectivity index (χ2v) is 9.78. The van der Waals surface area contributed by atoms with Crippen molar-refractivity contribution in [2.75, 3.05) is 6.61 Å². The van der Waals surface area contributed by atoms with Gasteiger partial charge in [0.25, 0.3) is 0 Å². The normalized spacial score (nSPS) is 14.8. The number of hydrogen-bond donors (Lipinski definition) is 3. The zero-order valence-electron chi connectivity index (χ0n) is 14.9. The fraction of sp³-hybridized carbons (Fsp3) is 0.467. The Bertz CT molecular complexity index is 1000. The van der Waals surface area contributed by atoms with Crippen LogP contribution in [0.3, 0.4) is 0 Å². The maximum Gasteiger partial charge on any atom is 0.407 e. The first kappa shape index (κ1) is 26.3. The number of fused-ring (bicyclic) bond motifs is 1. The Hall–Kier alpha value is -0.990. The second kappa shape index (κ2) is 8.75. The van der Waals surface area contributed by atoms with Crippen molar-refractivity contribution < 1.29 is 54.2 Å². The molecule has 0 unspecified atom stereocenters. The van der Waals surface area contributed by atoms with E-state index in [1.165, 1.54) is 0 Å². The van der Waals surface area contributed by atoms with Gasteiger partial charge < -0.3 is 20.3 Å². The molecule has 0 saturated heterocycles. The van der Waals surface area contributed by atoms with Gasteiger partial charge in [0.2, 0.25) is 0 Å². The van der Waals surface area contributed by atoms with E-state index in [0.29, 0.717) is 0 Å². The van der Waals surface area contributed by atoms with Crippen LogP contribution in [0.5, 0.6) is 5.75 Å². The summed E-state index contributed by atoms with van der Waals surface area (Å²) < 4.78 is 120. The molecule has 0 aliphatic carbocycles. The minimum Gasteiger partial charge on any atom is -0.492 e. The summed E-state index contributed by atoms with van der Waals surface area (Å²) >= 11 is 2.83. The predicted octanol–water partition coefficient (Wildman–Crippen LogP) is 6.17. The maximum absolute atomic E-state index is 14.2. The molecule has 1 heterocycles. The summed E-state index contributed by atoms with van der Waals surface area (Å²) in [6, 6.07) is -1.04. The molecule has 0 aliphatic rings. The van der Waals surface area contributed by atoms with Gasteiger partial charge in [-0.15, -0.1) is 11.3 Å². The lowest BCUT2D eigenvalue weighted by atomic mass is 10.0. The van der Waals surface area contributed by atoms with Gasteiger partial charge in [0.1, 0.15) is 16.7 Å². The van der Waals surface area contributed by atoms with E-state index in [-0.39, 0.29) is 21.4 Å². The summed E-state index contributed by atoms with van der Waals surface area (Å²) in [6.07, 6.45) is -11.3. The molecule has 0 amide bonds. The summed E-state index contributed by atoms with van der Waals surface area (Å²) in [7, 11) is -6.01. The van der Waals surface area contributed by atoms with Crippen LogP contribution >= 0.6 is 34.9 Å². The van der Waals surface area contributed by atoms with Gasteiger partial charge in [0.05, 0.1) is 11.3 Å². The van der Waals surface area contributed by atoms with Crippen molar-refractivity contribution >= 4 is 44.9 Å². The molecule has 0 saturated carbocycles. The third kappa shape index (κ3) is 5.88. The Balaban J connectivity index is 2.60. The molecule has 0 bridgehead atoms. The lowest BCUT2D eigenvalue weighted by Gasteiger charge is -2.18. The van der Waals surface area contributed by atoms with E-state index >= 15 is 0 Å². The monoisotopic (exact) mass is 565 g/mol. The predicted molar refractivity (Wildman–Crippen MR) is 99.2 cm³/mol. The van der Waals surface area contributed by atoms with Gasteiger partial charge in [-0.3, -0.25) is 4.57 Å². The number of alkyl halides is 8. The van der Waals surface area contributed by atoms with E-state index in [2.05, 4.69) is 15.9 Å². The molecule has 1 aromatic carbocycles. The summed E-state index contributed by atoms with van der Waals surface area (Å²) in [4.78, 5) is 16.7. The first-order chi connectivity index (χ1) is 13.9. The molecule has 4 N–H and O–H groups in total. The summed E-state index contributed by atoms with van der Waals surface area (Å²) in [5, 5.41) is -0.323. The maximum atomic E-state index is 14.2. The summed E-state index contributed by atoms with van der Waals surface area (Å²) in [6.45, 7) is -0.612. The molecular formula is C15H13BrF8NO4PS. The number of ether oxygens (including phenoxy) is 1. The third-order valence-electron chi connectivity index (χ3n) is 3.93. The number of halogens is 9. The SMILES string of the molecule is N[C@H](c1cc(OCCCC(F)(F)F)c2sc(C(F)(F)P(=O)(O)O)c(Br)c2c1)C(F)(F)F. The van der Waals surface area contributed by atoms with Gasteiger partial charge in [-0.05, 0) is 40.0 Å². The van der Waals surface area contributed by atoms with Crippen molar-refractivity contribution in [1.29, 1.82) is 0 Å². The van der Waals surface area contributed by atoms with Gasteiger partial charge >= 0.3 is 25.6 Å². The zero-order valence-corrected chi connectivity index (χ0v) is 18.2. The highest BCUT2D eigenvalue weighted by atomic mass is 79.9. The van der Waals surface area contributed by atoms with Crippen molar-refractivity contribution in [3.8, 4) is 5.75 Å². The highest BCUT2D eigenvalue weighted by Crippen LogP contribution is 2.63. The lowest BCUT2D eigenvalue weighted by molar-refractivity contribution is -0.149. The van der Waals surface area contributed by atoms with Crippen LogP contribution in [0.1, 0.15) is 29.3 Å². The van der Waals surface area contributed by atoms with E-state index in [1.807, 2.05) is 0 Å². The van der Waals surface area contributed by atoms with E-state index in [4.69, 9.17) is 20.3 Å². The largest absolute Gasteiger partial charge is 0.492 e. The Labute approximate surface area is 181 Å². The number of thiophene rings is 1. The first-order valence-electron chi connectivity index (χ1n) is 8.08. The molecular weight excluding hydrogens is 553 g/mol. The number of hydrogen-bond acceptors (Lipinski definition) is 4. The standard InChI is InChI=1S/C15H13BrF8NO4PS/c16-9-7-4-6(11(25)14(20,21)22)5-8(29-3-1-2-13(17,18)19)10(7)31-12(9)15(23,24)30(26,27)28/h4-5,11H,1-3,25H2,(H2,26,27,28)/t11-/m1/s1. The van der Waals surface area contributed by atoms with Gasteiger partial charge in [0, 0.05) is 16.3 Å². The van der Waals surface area contributed by atoms with Gasteiger partial charge in [0.15, 0.2) is 0 Å². The molecule has 2 rings (SSSR count). The smallest absolute Gasteiger partial charge is 0.407 e. The van der Waals surface area contributed by atoms with Crippen LogP contribution in [0.4, 0.5) is 35.1 Å². The van der Waals surface area contributed by atoms with Crippen LogP contribution in [0.2, 0.25) is 0 Å². The second-order valence-electron chi connectivity index (χ2n) is 6.31. The Morgan fingerprint density at radius 3 is 2.19 bits per heavy atom. The van der Waals surface area contributed by atoms with Crippen LogP contribution in [-0.2, 0) is 10.2 Å². The van der Waals surface area contributed by atoms with Gasteiger partial charge in [-0.25, -0.2) is 0 Å². The molecule has 1 atom stereocenters. The Kier molecular flexibility index (Phi) is 7.41. The van der Waals surface area contributed by atoms with E-state index in [1.54, 1.807) is 0 Å². The van der Waals surface area contributed by atoms with E-state index in [9.17, 15) is 39.7 Å². The molecule has 0 aliphatic heterocycles. The summed E-state index contributed by atoms with van der Waals surface area (Å²) in [5.74, 6) is -0.479. The van der Waals surface area contributed by atoms with Gasteiger partial charge in [-0.2, -0.15) is 35.1 Å². The number of rotatable bonds is 7. The Morgan fingerprint density at radius 1 is 1.13 bits per heavy atom. The fourth-order valence-electron chi connectivity index (χ4n) is 2.42. The van der Waals surface area contributed by atoms with Crippen LogP contribution in [0, 0.1) is 0 Å². The molecule has 5 nitrogen and oxygen atoms in total. The minimum absolute atomic E-state index is 0.117. The highest BCUT2D eigenvalue weighted by Gasteiger charge is 2.53. The molecule has 176 valence electrons. The molecule has 0 spiro atoms. The van der Waals surface area contributed by atoms with Crippen LogP contribution in [0.15, 0.2) is 16.6 Å². The van der Waals surface area contributed by atoms with Crippen LogP contribution < -0.4 is 10.5 Å². The first-order valence-corrected chi connectivity index (χ1v) is 11.3. The minimum atomic E-state index is -6.01. The molecule has 31 heavy (non-hydrogen) atoms. The highest BCUT2D eigenvalue weighted by molar-refractivity contribution is 9.10. The van der Waals surface area contributed by atoms with Crippen LogP contribution in [-0.4, -0.2) is 28.7 Å². The topological polar surface area (TPSA) is 92.8 Å². The van der Waals surface area contributed by atoms with Crippen molar-refractivity contribution in [3.63, 3.8) is 0 Å². The van der Waals surface area contributed by atoms with Crippen molar-refractivity contribution in [2.45, 2.75) is 36.9 Å². The van der Waals surface area contributed by atoms with E-state index < -0.39 is 71.8 Å². The molecule has 0 radical (unpaired) electrons. The van der Waals surface area contributed by atoms with E-state index in [0.717, 1.165) is 12.1 Å². The molecule has 1 aromatic heterocycles. The quantitative estimate of drug-likeness (QED) is 0.212. The van der Waals surface area contributed by atoms with Crippen molar-refractivity contribution in [2.24, 2.45) is 5.73 Å². The third-order valence-corrected chi connectivity index (χ3v) is 7.41. The van der Waals surface area contributed by atoms with Crippen LogP contribution in [0.25, 0.3) is 10.1 Å².